The fourth-order valence-corrected chi connectivity index (χ4v) is 2.92. The minimum Gasteiger partial charge on any atom is -0.316 e. The lowest BCUT2D eigenvalue weighted by Gasteiger charge is -2.35. The first-order valence-electron chi connectivity index (χ1n) is 7.39. The van der Waals surface area contributed by atoms with Gasteiger partial charge in [0, 0.05) is 13.1 Å². The molecule has 2 aliphatic heterocycles. The molecule has 1 atom stereocenters. The van der Waals surface area contributed by atoms with Crippen molar-refractivity contribution in [1.29, 1.82) is 0 Å². The van der Waals surface area contributed by atoms with Crippen molar-refractivity contribution in [3.8, 4) is 0 Å². The van der Waals surface area contributed by atoms with E-state index in [1.807, 2.05) is 18.2 Å². The molecule has 6 nitrogen and oxygen atoms in total. The van der Waals surface area contributed by atoms with E-state index in [0.29, 0.717) is 6.54 Å². The van der Waals surface area contributed by atoms with Gasteiger partial charge in [-0.15, -0.1) is 0 Å². The van der Waals surface area contributed by atoms with Gasteiger partial charge in [-0.05, 0) is 19.8 Å². The Morgan fingerprint density at radius 1 is 1.30 bits per heavy atom. The number of fused-ring (bicyclic) bond motifs is 3. The third-order valence-corrected chi connectivity index (χ3v) is 3.80. The Balaban J connectivity index is 2.11. The van der Waals surface area contributed by atoms with Crippen LogP contribution in [0.25, 0.3) is 0 Å². The summed E-state index contributed by atoms with van der Waals surface area (Å²) in [6, 6.07) is 0.169. The molecular weight excluding hydrogens is 254 g/mol. The zero-order chi connectivity index (χ0) is 14.3. The zero-order valence-electron chi connectivity index (χ0n) is 12.3. The van der Waals surface area contributed by atoms with Crippen molar-refractivity contribution in [1.82, 2.24) is 14.5 Å². The molecular formula is C14H21N5O. The van der Waals surface area contributed by atoms with Crippen LogP contribution in [0.5, 0.6) is 0 Å². The van der Waals surface area contributed by atoms with Gasteiger partial charge < -0.3 is 4.57 Å². The topological polar surface area (TPSA) is 53.7 Å². The lowest BCUT2D eigenvalue weighted by molar-refractivity contribution is 0.220. The van der Waals surface area contributed by atoms with Crippen molar-refractivity contribution in [2.24, 2.45) is 4.99 Å². The normalized spacial score (nSPS) is 21.1. The summed E-state index contributed by atoms with van der Waals surface area (Å²) >= 11 is 0. The number of aliphatic imine (C=N–C) groups is 1. The molecule has 0 spiro atoms. The summed E-state index contributed by atoms with van der Waals surface area (Å²) in [6.45, 7) is 8.51. The number of imidazole rings is 1. The van der Waals surface area contributed by atoms with E-state index >= 15 is 0 Å². The second-order valence-corrected chi connectivity index (χ2v) is 5.43. The summed E-state index contributed by atoms with van der Waals surface area (Å²) in [5.41, 5.74) is 0.857. The van der Waals surface area contributed by atoms with Crippen LogP contribution in [0.1, 0.15) is 39.3 Å². The molecule has 108 valence electrons. The van der Waals surface area contributed by atoms with Gasteiger partial charge in [-0.1, -0.05) is 13.8 Å². The Bertz CT molecular complexity index is 562. The maximum atomic E-state index is 12.8. The summed E-state index contributed by atoms with van der Waals surface area (Å²) in [7, 11) is 0. The monoisotopic (exact) mass is 275 g/mol. The van der Waals surface area contributed by atoms with Gasteiger partial charge in [-0.2, -0.15) is 0 Å². The molecule has 1 aromatic heterocycles. The SMILES string of the molecule is CCCN1C(=O)N2C(=NC[C@@H]2C)c2ncn(CCC)c21. The van der Waals surface area contributed by atoms with Gasteiger partial charge in [0.2, 0.25) is 0 Å². The third kappa shape index (κ3) is 1.74. The maximum Gasteiger partial charge on any atom is 0.331 e. The van der Waals surface area contributed by atoms with Gasteiger partial charge in [-0.3, -0.25) is 14.8 Å². The van der Waals surface area contributed by atoms with Gasteiger partial charge in [0.25, 0.3) is 0 Å². The second-order valence-electron chi connectivity index (χ2n) is 5.43. The molecule has 6 heteroatoms. The van der Waals surface area contributed by atoms with Crippen LogP contribution in [0, 0.1) is 0 Å². The molecule has 2 amide bonds. The van der Waals surface area contributed by atoms with E-state index in [0.717, 1.165) is 43.3 Å². The predicted octanol–water partition coefficient (Wildman–Crippen LogP) is 2.09. The molecule has 0 N–H and O–H groups in total. The smallest absolute Gasteiger partial charge is 0.316 e. The lowest BCUT2D eigenvalue weighted by Crippen LogP contribution is -2.53. The first-order chi connectivity index (χ1) is 9.69. The Hall–Kier alpha value is -1.85. The van der Waals surface area contributed by atoms with Crippen LogP contribution in [0.3, 0.4) is 0 Å². The molecule has 0 aromatic carbocycles. The molecule has 3 rings (SSSR count). The second kappa shape index (κ2) is 4.92. The quantitative estimate of drug-likeness (QED) is 0.845. The molecule has 1 aromatic rings. The third-order valence-electron chi connectivity index (χ3n) is 3.80. The number of aromatic nitrogens is 2. The van der Waals surface area contributed by atoms with E-state index < -0.39 is 0 Å². The van der Waals surface area contributed by atoms with Gasteiger partial charge in [0.15, 0.2) is 5.84 Å². The van der Waals surface area contributed by atoms with Crippen molar-refractivity contribution < 1.29 is 4.79 Å². The molecule has 0 saturated carbocycles. The Kier molecular flexibility index (Phi) is 3.23. The van der Waals surface area contributed by atoms with Crippen LogP contribution in [-0.4, -0.2) is 45.4 Å². The molecule has 0 fully saturated rings. The molecule has 0 bridgehead atoms. The maximum absolute atomic E-state index is 12.8. The number of hydrogen-bond acceptors (Lipinski definition) is 3. The molecule has 2 aliphatic rings. The molecule has 0 radical (unpaired) electrons. The average molecular weight is 275 g/mol. The standard InChI is InChI=1S/C14H21N5O/c1-4-6-17-9-16-11-12-15-8-10(3)19(12)14(20)18(7-5-2)13(11)17/h9-10H,4-8H2,1-3H3/t10-/m0/s1. The summed E-state index contributed by atoms with van der Waals surface area (Å²) in [4.78, 5) is 25.4. The number of carbonyl (C=O) groups is 1. The van der Waals surface area contributed by atoms with E-state index in [-0.39, 0.29) is 12.1 Å². The van der Waals surface area contributed by atoms with Crippen LogP contribution in [-0.2, 0) is 6.54 Å². The van der Waals surface area contributed by atoms with Gasteiger partial charge in [0.1, 0.15) is 11.5 Å². The minimum atomic E-state index is 0.0425. The van der Waals surface area contributed by atoms with E-state index in [1.165, 1.54) is 0 Å². The average Bonchev–Trinajstić information content (AvgIpc) is 3.00. The summed E-state index contributed by atoms with van der Waals surface area (Å²) in [5.74, 6) is 1.67. The van der Waals surface area contributed by atoms with Crippen molar-refractivity contribution in [2.75, 3.05) is 18.0 Å². The number of hydrogen-bond donors (Lipinski definition) is 0. The van der Waals surface area contributed by atoms with Gasteiger partial charge in [0.05, 0.1) is 18.9 Å². The van der Waals surface area contributed by atoms with E-state index in [9.17, 15) is 4.79 Å². The van der Waals surface area contributed by atoms with Crippen LogP contribution in [0.15, 0.2) is 11.3 Å². The van der Waals surface area contributed by atoms with Gasteiger partial charge in [-0.25, -0.2) is 9.78 Å². The number of anilines is 1. The van der Waals surface area contributed by atoms with E-state index in [2.05, 4.69) is 28.4 Å². The number of aryl methyl sites for hydroxylation is 1. The lowest BCUT2D eigenvalue weighted by atomic mass is 10.2. The first-order valence-corrected chi connectivity index (χ1v) is 7.39. The van der Waals surface area contributed by atoms with Gasteiger partial charge >= 0.3 is 6.03 Å². The highest BCUT2D eigenvalue weighted by Crippen LogP contribution is 2.32. The van der Waals surface area contributed by atoms with Crippen LogP contribution in [0.4, 0.5) is 10.6 Å². The van der Waals surface area contributed by atoms with E-state index in [1.54, 1.807) is 4.90 Å². The largest absolute Gasteiger partial charge is 0.331 e. The molecule has 0 aliphatic carbocycles. The summed E-state index contributed by atoms with van der Waals surface area (Å²) < 4.78 is 2.08. The fraction of sp³-hybridized carbons (Fsp3) is 0.643. The van der Waals surface area contributed by atoms with Crippen molar-refractivity contribution >= 4 is 17.7 Å². The number of rotatable bonds is 4. The van der Waals surface area contributed by atoms with Crippen molar-refractivity contribution in [3.63, 3.8) is 0 Å². The van der Waals surface area contributed by atoms with Crippen LogP contribution >= 0.6 is 0 Å². The highest BCUT2D eigenvalue weighted by molar-refractivity contribution is 6.18. The number of carbonyl (C=O) groups excluding carboxylic acids is 1. The Morgan fingerprint density at radius 2 is 2.05 bits per heavy atom. The minimum absolute atomic E-state index is 0.0425. The summed E-state index contributed by atoms with van der Waals surface area (Å²) in [6.07, 6.45) is 3.78. The Morgan fingerprint density at radius 3 is 2.75 bits per heavy atom. The molecule has 0 saturated heterocycles. The molecule has 20 heavy (non-hydrogen) atoms. The number of nitrogens with zero attached hydrogens (tertiary/aromatic N) is 5. The molecule has 0 unspecified atom stereocenters. The van der Waals surface area contributed by atoms with Crippen LogP contribution < -0.4 is 4.90 Å². The zero-order valence-corrected chi connectivity index (χ0v) is 12.3. The number of amides is 2. The Labute approximate surface area is 119 Å². The highest BCUT2D eigenvalue weighted by Gasteiger charge is 2.42. The first kappa shape index (κ1) is 13.1. The van der Waals surface area contributed by atoms with Crippen LogP contribution in [0.2, 0.25) is 0 Å². The van der Waals surface area contributed by atoms with Crippen molar-refractivity contribution in [3.05, 3.63) is 12.0 Å². The summed E-state index contributed by atoms with van der Waals surface area (Å²) in [5, 5.41) is 0. The number of amidine groups is 1. The molecule has 3 heterocycles. The highest BCUT2D eigenvalue weighted by atomic mass is 16.2. The predicted molar refractivity (Wildman–Crippen MR) is 78.3 cm³/mol. The van der Waals surface area contributed by atoms with Crippen molar-refractivity contribution in [2.45, 2.75) is 46.2 Å². The number of urea groups is 1. The van der Waals surface area contributed by atoms with E-state index in [4.69, 9.17) is 0 Å². The fourth-order valence-electron chi connectivity index (χ4n) is 2.92.